The van der Waals surface area contributed by atoms with Crippen LogP contribution < -0.4 is 15.4 Å². The van der Waals surface area contributed by atoms with Crippen LogP contribution in [0.3, 0.4) is 0 Å². The van der Waals surface area contributed by atoms with E-state index in [2.05, 4.69) is 10.6 Å². The predicted octanol–water partition coefficient (Wildman–Crippen LogP) is 0.725. The van der Waals surface area contributed by atoms with Crippen LogP contribution in [0.4, 0.5) is 0 Å². The number of amides is 2. The van der Waals surface area contributed by atoms with Gasteiger partial charge >= 0.3 is 5.97 Å². The molecule has 0 bridgehead atoms. The van der Waals surface area contributed by atoms with Crippen molar-refractivity contribution in [2.45, 2.75) is 26.2 Å². The second kappa shape index (κ2) is 10.2. The molecule has 2 amide bonds. The van der Waals surface area contributed by atoms with Gasteiger partial charge in [0.25, 0.3) is 0 Å². The van der Waals surface area contributed by atoms with Crippen LogP contribution in [-0.2, 0) is 20.8 Å². The molecule has 1 aromatic rings. The molecule has 126 valence electrons. The summed E-state index contributed by atoms with van der Waals surface area (Å²) in [5, 5.41) is 13.8. The Kier molecular flexibility index (Phi) is 8.20. The zero-order valence-electron chi connectivity index (χ0n) is 13.1. The molecule has 0 fully saturated rings. The number of rotatable bonds is 10. The lowest BCUT2D eigenvalue weighted by Gasteiger charge is -2.07. The monoisotopic (exact) mass is 322 g/mol. The highest BCUT2D eigenvalue weighted by Crippen LogP contribution is 2.12. The molecule has 0 radical (unpaired) electrons. The van der Waals surface area contributed by atoms with Crippen LogP contribution in [0.15, 0.2) is 24.3 Å². The highest BCUT2D eigenvalue weighted by Gasteiger charge is 2.04. The summed E-state index contributed by atoms with van der Waals surface area (Å²) >= 11 is 0. The van der Waals surface area contributed by atoms with E-state index in [-0.39, 0.29) is 25.0 Å². The zero-order chi connectivity index (χ0) is 17.1. The van der Waals surface area contributed by atoms with Gasteiger partial charge in [0.1, 0.15) is 5.75 Å². The number of carbonyl (C=O) groups excluding carboxylic acids is 2. The Hall–Kier alpha value is -2.57. The molecule has 0 heterocycles. The van der Waals surface area contributed by atoms with Crippen LogP contribution in [0, 0.1) is 0 Å². The van der Waals surface area contributed by atoms with Gasteiger partial charge in [-0.1, -0.05) is 19.1 Å². The summed E-state index contributed by atoms with van der Waals surface area (Å²) in [5.41, 5.74) is 0.989. The number of nitrogens with one attached hydrogen (secondary N) is 2. The molecule has 0 aliphatic heterocycles. The summed E-state index contributed by atoms with van der Waals surface area (Å²) in [5.74, 6) is -0.892. The van der Waals surface area contributed by atoms with Gasteiger partial charge in [-0.15, -0.1) is 0 Å². The van der Waals surface area contributed by atoms with E-state index >= 15 is 0 Å². The zero-order valence-corrected chi connectivity index (χ0v) is 13.1. The molecular formula is C16H22N2O5. The van der Waals surface area contributed by atoms with E-state index in [9.17, 15) is 14.4 Å². The van der Waals surface area contributed by atoms with Crippen molar-refractivity contribution in [3.63, 3.8) is 0 Å². The Bertz CT molecular complexity index is 528. The largest absolute Gasteiger partial charge is 0.482 e. The minimum atomic E-state index is -1.03. The summed E-state index contributed by atoms with van der Waals surface area (Å²) in [6.07, 6.45) is 1.80. The fourth-order valence-electron chi connectivity index (χ4n) is 1.80. The minimum absolute atomic E-state index is 0.0131. The van der Waals surface area contributed by atoms with Crippen LogP contribution in [-0.4, -0.2) is 42.6 Å². The number of carbonyl (C=O) groups is 3. The highest BCUT2D eigenvalue weighted by atomic mass is 16.5. The maximum absolute atomic E-state index is 11.5. The van der Waals surface area contributed by atoms with Gasteiger partial charge in [0.05, 0.1) is 6.54 Å². The van der Waals surface area contributed by atoms with Crippen LogP contribution in [0.2, 0.25) is 0 Å². The van der Waals surface area contributed by atoms with Crippen molar-refractivity contribution >= 4 is 17.8 Å². The molecule has 0 spiro atoms. The van der Waals surface area contributed by atoms with E-state index in [0.29, 0.717) is 25.1 Å². The molecule has 0 aliphatic carbocycles. The highest BCUT2D eigenvalue weighted by molar-refractivity contribution is 5.84. The standard InChI is InChI=1S/C16H22N2O5/c1-2-3-14(19)18-10-15(20)17-9-8-12-4-6-13(7-5-12)23-11-16(21)22/h4-7H,2-3,8-11H2,1H3,(H,17,20)(H,18,19)(H,21,22). The van der Waals surface area contributed by atoms with E-state index in [1.807, 2.05) is 19.1 Å². The number of hydrogen-bond donors (Lipinski definition) is 3. The van der Waals surface area contributed by atoms with Gasteiger partial charge in [-0.05, 0) is 30.5 Å². The van der Waals surface area contributed by atoms with E-state index in [1.165, 1.54) is 0 Å². The second-order valence-electron chi connectivity index (χ2n) is 4.95. The van der Waals surface area contributed by atoms with Gasteiger partial charge in [0, 0.05) is 13.0 Å². The number of carboxylic acid groups (broad SMARTS) is 1. The summed E-state index contributed by atoms with van der Waals surface area (Å²) in [7, 11) is 0. The van der Waals surface area contributed by atoms with E-state index in [1.54, 1.807) is 12.1 Å². The van der Waals surface area contributed by atoms with Gasteiger partial charge in [0.2, 0.25) is 11.8 Å². The number of carboxylic acids is 1. The molecule has 0 unspecified atom stereocenters. The van der Waals surface area contributed by atoms with Crippen molar-refractivity contribution in [3.05, 3.63) is 29.8 Å². The first-order valence-corrected chi connectivity index (χ1v) is 7.48. The second-order valence-corrected chi connectivity index (χ2v) is 4.95. The Labute approximate surface area is 135 Å². The van der Waals surface area contributed by atoms with Crippen molar-refractivity contribution < 1.29 is 24.2 Å². The first-order valence-electron chi connectivity index (χ1n) is 7.48. The molecule has 0 saturated carbocycles. The maximum Gasteiger partial charge on any atom is 0.341 e. The number of aliphatic carboxylic acids is 1. The molecular weight excluding hydrogens is 300 g/mol. The van der Waals surface area contributed by atoms with E-state index < -0.39 is 5.97 Å². The van der Waals surface area contributed by atoms with Crippen LogP contribution >= 0.6 is 0 Å². The first-order chi connectivity index (χ1) is 11.0. The maximum atomic E-state index is 11.5. The Morgan fingerprint density at radius 2 is 1.78 bits per heavy atom. The first kappa shape index (κ1) is 18.5. The third-order valence-corrected chi connectivity index (χ3v) is 2.94. The van der Waals surface area contributed by atoms with Crippen LogP contribution in [0.5, 0.6) is 5.75 Å². The summed E-state index contributed by atoms with van der Waals surface area (Å²) in [4.78, 5) is 33.2. The molecule has 7 heteroatoms. The third-order valence-electron chi connectivity index (χ3n) is 2.94. The lowest BCUT2D eigenvalue weighted by molar-refractivity contribution is -0.139. The summed E-state index contributed by atoms with van der Waals surface area (Å²) < 4.78 is 5.03. The van der Waals surface area contributed by atoms with Gasteiger partial charge in [-0.2, -0.15) is 0 Å². The lowest BCUT2D eigenvalue weighted by Crippen LogP contribution is -2.37. The topological polar surface area (TPSA) is 105 Å². The van der Waals surface area contributed by atoms with E-state index in [4.69, 9.17) is 9.84 Å². The van der Waals surface area contributed by atoms with Gasteiger partial charge in [-0.3, -0.25) is 9.59 Å². The predicted molar refractivity (Wildman–Crippen MR) is 84.2 cm³/mol. The smallest absolute Gasteiger partial charge is 0.341 e. The lowest BCUT2D eigenvalue weighted by atomic mass is 10.1. The average Bonchev–Trinajstić information content (AvgIpc) is 2.52. The van der Waals surface area contributed by atoms with Gasteiger partial charge < -0.3 is 20.5 Å². The van der Waals surface area contributed by atoms with Crippen molar-refractivity contribution in [3.8, 4) is 5.75 Å². The molecule has 1 aromatic carbocycles. The van der Waals surface area contributed by atoms with Crippen molar-refractivity contribution in [2.24, 2.45) is 0 Å². The molecule has 0 aromatic heterocycles. The van der Waals surface area contributed by atoms with E-state index in [0.717, 1.165) is 12.0 Å². The molecule has 7 nitrogen and oxygen atoms in total. The number of hydrogen-bond acceptors (Lipinski definition) is 4. The van der Waals surface area contributed by atoms with Crippen molar-refractivity contribution in [1.29, 1.82) is 0 Å². The minimum Gasteiger partial charge on any atom is -0.482 e. The summed E-state index contributed by atoms with van der Waals surface area (Å²) in [6.45, 7) is 1.97. The molecule has 0 saturated heterocycles. The molecule has 1 rings (SSSR count). The molecule has 3 N–H and O–H groups in total. The number of benzene rings is 1. The molecule has 23 heavy (non-hydrogen) atoms. The van der Waals surface area contributed by atoms with Gasteiger partial charge in [0.15, 0.2) is 6.61 Å². The van der Waals surface area contributed by atoms with Crippen LogP contribution in [0.1, 0.15) is 25.3 Å². The fraction of sp³-hybridized carbons (Fsp3) is 0.438. The van der Waals surface area contributed by atoms with Crippen molar-refractivity contribution in [1.82, 2.24) is 10.6 Å². The quantitative estimate of drug-likeness (QED) is 0.589. The SMILES string of the molecule is CCCC(=O)NCC(=O)NCCc1ccc(OCC(=O)O)cc1. The number of ether oxygens (including phenoxy) is 1. The Balaban J connectivity index is 2.23. The molecule has 0 atom stereocenters. The molecule has 0 aliphatic rings. The Morgan fingerprint density at radius 1 is 1.09 bits per heavy atom. The summed E-state index contributed by atoms with van der Waals surface area (Å²) in [6, 6.07) is 6.99. The fourth-order valence-corrected chi connectivity index (χ4v) is 1.80. The van der Waals surface area contributed by atoms with Gasteiger partial charge in [-0.25, -0.2) is 4.79 Å². The third kappa shape index (κ3) is 8.45. The normalized spacial score (nSPS) is 9.96. The average molecular weight is 322 g/mol. The van der Waals surface area contributed by atoms with Crippen molar-refractivity contribution in [2.75, 3.05) is 19.7 Å². The Morgan fingerprint density at radius 3 is 2.39 bits per heavy atom. The van der Waals surface area contributed by atoms with Crippen LogP contribution in [0.25, 0.3) is 0 Å².